The Kier molecular flexibility index (Phi) is 6.87. The maximum atomic E-state index is 11.7. The van der Waals surface area contributed by atoms with Crippen molar-refractivity contribution in [1.29, 1.82) is 0 Å². The Morgan fingerprint density at radius 3 is 2.85 bits per heavy atom. The number of nitrogens with one attached hydrogen (secondary N) is 1. The molecule has 1 saturated heterocycles. The van der Waals surface area contributed by atoms with Gasteiger partial charge in [0.05, 0.1) is 30.4 Å². The second kappa shape index (κ2) is 9.55. The fourth-order valence-electron chi connectivity index (χ4n) is 3.46. The summed E-state index contributed by atoms with van der Waals surface area (Å²) < 4.78 is 7.61. The molecule has 3 rings (SSSR count). The quantitative estimate of drug-likeness (QED) is 0.681. The average molecular weight is 370 g/mol. The smallest absolute Gasteiger partial charge is 0.224 e. The van der Waals surface area contributed by atoms with Crippen molar-refractivity contribution in [2.45, 2.75) is 52.0 Å². The molecule has 0 saturated carbocycles. The fourth-order valence-corrected chi connectivity index (χ4v) is 3.46. The lowest BCUT2D eigenvalue weighted by atomic mass is 10.2. The third-order valence-corrected chi connectivity index (χ3v) is 4.99. The molecule has 146 valence electrons. The first kappa shape index (κ1) is 19.4. The highest BCUT2D eigenvalue weighted by atomic mass is 16.5. The molecule has 0 radical (unpaired) electrons. The van der Waals surface area contributed by atoms with Crippen molar-refractivity contribution in [3.8, 4) is 11.4 Å². The molecule has 1 atom stereocenters. The van der Waals surface area contributed by atoms with Crippen LogP contribution in [0.2, 0.25) is 0 Å². The van der Waals surface area contributed by atoms with Crippen molar-refractivity contribution in [3.05, 3.63) is 36.7 Å². The topological polar surface area (TPSA) is 59.4 Å². The van der Waals surface area contributed by atoms with Crippen molar-refractivity contribution >= 4 is 11.6 Å². The lowest BCUT2D eigenvalue weighted by molar-refractivity contribution is -0.116. The number of hydrogen-bond acceptors (Lipinski definition) is 4. The Hall–Kier alpha value is -2.34. The predicted octanol–water partition coefficient (Wildman–Crippen LogP) is 3.86. The largest absolute Gasteiger partial charge is 0.494 e. The van der Waals surface area contributed by atoms with E-state index in [0.29, 0.717) is 12.1 Å². The van der Waals surface area contributed by atoms with Crippen LogP contribution in [0.4, 0.5) is 5.69 Å². The summed E-state index contributed by atoms with van der Waals surface area (Å²) in [6.45, 7) is 7.36. The summed E-state index contributed by atoms with van der Waals surface area (Å²) in [4.78, 5) is 14.2. The molecule has 2 heterocycles. The molecule has 6 heteroatoms. The number of anilines is 1. The standard InChI is InChI=1S/C21H30N4O2/c1-3-6-21(26)23-18-15-22-25(16-18)19-8-10-20(11-9-19)27-14-5-13-24-12-4-7-17(24)2/h8-11,15-17H,3-7,12-14H2,1-2H3,(H,23,26). The van der Waals surface area contributed by atoms with Crippen molar-refractivity contribution in [1.82, 2.24) is 14.7 Å². The van der Waals surface area contributed by atoms with Gasteiger partial charge in [0.2, 0.25) is 5.91 Å². The highest BCUT2D eigenvalue weighted by Gasteiger charge is 2.19. The third-order valence-electron chi connectivity index (χ3n) is 4.99. The Morgan fingerprint density at radius 2 is 2.15 bits per heavy atom. The van der Waals surface area contributed by atoms with Crippen LogP contribution >= 0.6 is 0 Å². The van der Waals surface area contributed by atoms with Crippen LogP contribution in [0.5, 0.6) is 5.75 Å². The Balaban J connectivity index is 1.45. The van der Waals surface area contributed by atoms with Crippen molar-refractivity contribution in [2.75, 3.05) is 25.0 Å². The van der Waals surface area contributed by atoms with E-state index in [2.05, 4.69) is 22.2 Å². The first-order valence-corrected chi connectivity index (χ1v) is 9.97. The van der Waals surface area contributed by atoms with Gasteiger partial charge in [0, 0.05) is 19.0 Å². The summed E-state index contributed by atoms with van der Waals surface area (Å²) in [6, 6.07) is 8.59. The maximum Gasteiger partial charge on any atom is 0.224 e. The number of carbonyl (C=O) groups is 1. The number of benzene rings is 1. The van der Waals surface area contributed by atoms with Gasteiger partial charge in [-0.15, -0.1) is 0 Å². The minimum Gasteiger partial charge on any atom is -0.494 e. The number of nitrogens with zero attached hydrogens (tertiary/aromatic N) is 3. The Bertz CT molecular complexity index is 726. The zero-order chi connectivity index (χ0) is 19.1. The van der Waals surface area contributed by atoms with Gasteiger partial charge in [0.1, 0.15) is 5.75 Å². The number of carbonyl (C=O) groups excluding carboxylic acids is 1. The lowest BCUT2D eigenvalue weighted by Gasteiger charge is -2.20. The highest BCUT2D eigenvalue weighted by molar-refractivity contribution is 5.90. The first-order valence-electron chi connectivity index (χ1n) is 9.97. The van der Waals surface area contributed by atoms with Crippen LogP contribution in [0.15, 0.2) is 36.7 Å². The van der Waals surface area contributed by atoms with Gasteiger partial charge in [0.25, 0.3) is 0 Å². The Morgan fingerprint density at radius 1 is 1.33 bits per heavy atom. The molecule has 1 aliphatic rings. The highest BCUT2D eigenvalue weighted by Crippen LogP contribution is 2.18. The number of likely N-dealkylation sites (tertiary alicyclic amines) is 1. The van der Waals surface area contributed by atoms with E-state index in [0.717, 1.165) is 43.5 Å². The molecule has 0 bridgehead atoms. The molecule has 0 spiro atoms. The molecule has 1 N–H and O–H groups in total. The molecular weight excluding hydrogens is 340 g/mol. The zero-order valence-electron chi connectivity index (χ0n) is 16.4. The molecule has 1 amide bonds. The van der Waals surface area contributed by atoms with Gasteiger partial charge in [-0.2, -0.15) is 5.10 Å². The molecule has 1 fully saturated rings. The van der Waals surface area contributed by atoms with Gasteiger partial charge in [-0.05, 0) is 63.4 Å². The van der Waals surface area contributed by atoms with Crippen LogP contribution in [-0.2, 0) is 4.79 Å². The average Bonchev–Trinajstić information content (AvgIpc) is 3.29. The van der Waals surface area contributed by atoms with Gasteiger partial charge < -0.3 is 15.0 Å². The number of aromatic nitrogens is 2. The van der Waals surface area contributed by atoms with Crippen molar-refractivity contribution in [3.63, 3.8) is 0 Å². The lowest BCUT2D eigenvalue weighted by Crippen LogP contribution is -2.28. The molecule has 0 aliphatic carbocycles. The summed E-state index contributed by atoms with van der Waals surface area (Å²) >= 11 is 0. The van der Waals surface area contributed by atoms with Crippen molar-refractivity contribution in [2.24, 2.45) is 0 Å². The zero-order valence-corrected chi connectivity index (χ0v) is 16.4. The molecule has 1 aliphatic heterocycles. The van der Waals surface area contributed by atoms with Crippen LogP contribution in [0.1, 0.15) is 46.0 Å². The maximum absolute atomic E-state index is 11.7. The first-order chi connectivity index (χ1) is 13.2. The van der Waals surface area contributed by atoms with E-state index in [1.54, 1.807) is 10.9 Å². The van der Waals surface area contributed by atoms with Crippen LogP contribution in [0.3, 0.4) is 0 Å². The summed E-state index contributed by atoms with van der Waals surface area (Å²) in [6.07, 6.45) is 8.52. The number of hydrogen-bond donors (Lipinski definition) is 1. The third kappa shape index (κ3) is 5.57. The normalized spacial score (nSPS) is 17.2. The van der Waals surface area contributed by atoms with E-state index in [4.69, 9.17) is 4.74 Å². The van der Waals surface area contributed by atoms with Gasteiger partial charge in [-0.25, -0.2) is 4.68 Å². The van der Waals surface area contributed by atoms with E-state index >= 15 is 0 Å². The van der Waals surface area contributed by atoms with E-state index in [9.17, 15) is 4.79 Å². The van der Waals surface area contributed by atoms with Crippen molar-refractivity contribution < 1.29 is 9.53 Å². The summed E-state index contributed by atoms with van der Waals surface area (Å²) in [7, 11) is 0. The molecule has 1 aromatic carbocycles. The molecule has 27 heavy (non-hydrogen) atoms. The fraction of sp³-hybridized carbons (Fsp3) is 0.524. The monoisotopic (exact) mass is 370 g/mol. The van der Waals surface area contributed by atoms with Crippen LogP contribution < -0.4 is 10.1 Å². The van der Waals surface area contributed by atoms with Crippen LogP contribution in [-0.4, -0.2) is 46.3 Å². The molecular formula is C21H30N4O2. The summed E-state index contributed by atoms with van der Waals surface area (Å²) in [5.74, 6) is 0.890. The second-order valence-electron chi connectivity index (χ2n) is 7.19. The number of amides is 1. The minimum atomic E-state index is 0.0177. The van der Waals surface area contributed by atoms with E-state index in [1.165, 1.54) is 19.4 Å². The van der Waals surface area contributed by atoms with Gasteiger partial charge in [-0.1, -0.05) is 6.92 Å². The van der Waals surface area contributed by atoms with Gasteiger partial charge in [-0.3, -0.25) is 4.79 Å². The molecule has 1 unspecified atom stereocenters. The van der Waals surface area contributed by atoms with E-state index in [-0.39, 0.29) is 5.91 Å². The van der Waals surface area contributed by atoms with Gasteiger partial charge in [0.15, 0.2) is 0 Å². The second-order valence-corrected chi connectivity index (χ2v) is 7.19. The SMILES string of the molecule is CCCC(=O)Nc1cnn(-c2ccc(OCCCN3CCCC3C)cc2)c1. The molecule has 6 nitrogen and oxygen atoms in total. The number of rotatable bonds is 9. The predicted molar refractivity (Wildman–Crippen MR) is 107 cm³/mol. The minimum absolute atomic E-state index is 0.0177. The molecule has 1 aromatic heterocycles. The van der Waals surface area contributed by atoms with Crippen LogP contribution in [0.25, 0.3) is 5.69 Å². The van der Waals surface area contributed by atoms with E-state index < -0.39 is 0 Å². The molecule has 2 aromatic rings. The van der Waals surface area contributed by atoms with Crippen LogP contribution in [0, 0.1) is 0 Å². The number of ether oxygens (including phenoxy) is 1. The Labute approximate surface area is 161 Å². The summed E-state index contributed by atoms with van der Waals surface area (Å²) in [5, 5.41) is 7.17. The van der Waals surface area contributed by atoms with Gasteiger partial charge >= 0.3 is 0 Å². The van der Waals surface area contributed by atoms with E-state index in [1.807, 2.05) is 37.4 Å². The summed E-state index contributed by atoms with van der Waals surface area (Å²) in [5.41, 5.74) is 1.65.